The van der Waals surface area contributed by atoms with Crippen molar-refractivity contribution in [2.75, 3.05) is 33.5 Å². The number of hydrogen-bond acceptors (Lipinski definition) is 11. The van der Waals surface area contributed by atoms with Crippen molar-refractivity contribution in [3.05, 3.63) is 28.3 Å². The number of ether oxygens (including phenoxy) is 9. The number of hydrogen-bond donors (Lipinski definition) is 1. The van der Waals surface area contributed by atoms with E-state index in [4.69, 9.17) is 42.6 Å². The molecule has 1 saturated carbocycles. The van der Waals surface area contributed by atoms with Crippen LogP contribution in [0.3, 0.4) is 0 Å². The fourth-order valence-electron chi connectivity index (χ4n) is 10.4. The van der Waals surface area contributed by atoms with Gasteiger partial charge in [-0.15, -0.1) is 0 Å². The van der Waals surface area contributed by atoms with Crippen LogP contribution in [-0.4, -0.2) is 85.9 Å². The molecule has 6 aliphatic heterocycles. The van der Waals surface area contributed by atoms with E-state index < -0.39 is 47.4 Å². The molecule has 0 amide bonds. The Morgan fingerprint density at radius 2 is 1.94 bits per heavy atom. The van der Waals surface area contributed by atoms with E-state index in [1.54, 1.807) is 7.11 Å². The maximum atomic E-state index is 13.3. The third-order valence-electron chi connectivity index (χ3n) is 12.4. The van der Waals surface area contributed by atoms with Crippen molar-refractivity contribution in [2.24, 2.45) is 17.8 Å². The summed E-state index contributed by atoms with van der Waals surface area (Å²) in [6.07, 6.45) is 1.55. The number of methoxy groups -OCH3 is 1. The van der Waals surface area contributed by atoms with Gasteiger partial charge in [-0.25, -0.2) is 0 Å². The van der Waals surface area contributed by atoms with Gasteiger partial charge in [0.1, 0.15) is 23.4 Å². The van der Waals surface area contributed by atoms with E-state index in [2.05, 4.69) is 20.8 Å². The molecule has 8 aliphatic rings. The zero-order chi connectivity index (χ0) is 32.2. The van der Waals surface area contributed by atoms with E-state index in [0.29, 0.717) is 97.7 Å². The van der Waals surface area contributed by atoms with Crippen LogP contribution in [0, 0.1) is 24.7 Å². The summed E-state index contributed by atoms with van der Waals surface area (Å²) in [6.45, 7) is 10.6. The van der Waals surface area contributed by atoms with Gasteiger partial charge in [-0.1, -0.05) is 20.8 Å². The molecular formula is C36H42O11. The van der Waals surface area contributed by atoms with E-state index in [1.807, 2.05) is 13.0 Å². The van der Waals surface area contributed by atoms with Crippen LogP contribution in [0.1, 0.15) is 79.4 Å². The van der Waals surface area contributed by atoms with Crippen molar-refractivity contribution in [1.82, 2.24) is 0 Å². The molecule has 47 heavy (non-hydrogen) atoms. The van der Waals surface area contributed by atoms with E-state index in [-0.39, 0.29) is 11.5 Å². The second-order valence-corrected chi connectivity index (χ2v) is 15.3. The molecule has 11 nitrogen and oxygen atoms in total. The first-order chi connectivity index (χ1) is 22.6. The Hall–Kier alpha value is -2.51. The second-order valence-electron chi connectivity index (χ2n) is 15.3. The van der Waals surface area contributed by atoms with Crippen molar-refractivity contribution in [2.45, 2.75) is 107 Å². The summed E-state index contributed by atoms with van der Waals surface area (Å²) in [5.41, 5.74) is 0.752. The summed E-state index contributed by atoms with van der Waals surface area (Å²) >= 11 is 0. The van der Waals surface area contributed by atoms with Gasteiger partial charge in [-0.2, -0.15) is 0 Å². The lowest BCUT2D eigenvalue weighted by Gasteiger charge is -2.47. The first kappa shape index (κ1) is 29.4. The number of phenols is 1. The van der Waals surface area contributed by atoms with Gasteiger partial charge in [0.2, 0.25) is 6.29 Å². The molecule has 11 heteroatoms. The third kappa shape index (κ3) is 3.31. The molecule has 2 aromatic rings. The number of epoxide rings is 2. The predicted molar refractivity (Wildman–Crippen MR) is 164 cm³/mol. The van der Waals surface area contributed by atoms with Crippen LogP contribution in [0.15, 0.2) is 6.07 Å². The average molecular weight is 651 g/mol. The Morgan fingerprint density at radius 3 is 2.64 bits per heavy atom. The number of ketones is 1. The minimum Gasteiger partial charge on any atom is -0.506 e. The minimum absolute atomic E-state index is 0.0887. The van der Waals surface area contributed by atoms with Crippen LogP contribution in [0.5, 0.6) is 17.2 Å². The lowest BCUT2D eigenvalue weighted by Crippen LogP contribution is -2.66. The highest BCUT2D eigenvalue weighted by Crippen LogP contribution is 2.85. The molecule has 6 heterocycles. The molecule has 2 aromatic carbocycles. The van der Waals surface area contributed by atoms with Crippen molar-refractivity contribution in [1.29, 1.82) is 0 Å². The number of rotatable bonds is 6. The fraction of sp³-hybridized carbons (Fsp3) is 0.694. The Morgan fingerprint density at radius 1 is 1.15 bits per heavy atom. The molecule has 0 radical (unpaired) electrons. The van der Waals surface area contributed by atoms with Crippen LogP contribution >= 0.6 is 0 Å². The average Bonchev–Trinajstić information content (AvgIpc) is 3.86. The van der Waals surface area contributed by atoms with Crippen LogP contribution in [0.4, 0.5) is 0 Å². The van der Waals surface area contributed by atoms with Crippen LogP contribution in [0.2, 0.25) is 0 Å². The number of benzene rings is 2. The van der Waals surface area contributed by atoms with Crippen LogP contribution < -0.4 is 9.47 Å². The van der Waals surface area contributed by atoms with Crippen LogP contribution in [-0.2, 0) is 39.6 Å². The topological polar surface area (TPSA) is 127 Å². The lowest BCUT2D eigenvalue weighted by atomic mass is 9.78. The van der Waals surface area contributed by atoms with Gasteiger partial charge in [0.05, 0.1) is 50.4 Å². The molecule has 0 aromatic heterocycles. The highest BCUT2D eigenvalue weighted by Gasteiger charge is 3.07. The van der Waals surface area contributed by atoms with Gasteiger partial charge >= 0.3 is 0 Å². The Balaban J connectivity index is 1.17. The number of fused-ring (bicyclic) bond motifs is 5. The van der Waals surface area contributed by atoms with E-state index in [0.717, 1.165) is 23.1 Å². The van der Waals surface area contributed by atoms with E-state index in [1.165, 1.54) is 0 Å². The maximum absolute atomic E-state index is 13.3. The molecule has 4 bridgehead atoms. The zero-order valence-electron chi connectivity index (χ0n) is 27.5. The van der Waals surface area contributed by atoms with Crippen molar-refractivity contribution in [3.63, 3.8) is 0 Å². The van der Waals surface area contributed by atoms with Gasteiger partial charge < -0.3 is 47.7 Å². The van der Waals surface area contributed by atoms with E-state index >= 15 is 0 Å². The molecule has 5 saturated heterocycles. The lowest BCUT2D eigenvalue weighted by molar-refractivity contribution is -0.363. The first-order valence-electron chi connectivity index (χ1n) is 17.3. The molecule has 7 unspecified atom stereocenters. The summed E-state index contributed by atoms with van der Waals surface area (Å²) in [5, 5.41) is 13.1. The molecule has 2 spiro atoms. The van der Waals surface area contributed by atoms with Gasteiger partial charge in [-0.05, 0) is 55.6 Å². The van der Waals surface area contributed by atoms with Crippen molar-refractivity contribution < 1.29 is 52.5 Å². The monoisotopic (exact) mass is 650 g/mol. The SMILES string of the molecule is COc1c2c(c(O)c3c4c(c(C)cc13)C1C3OC5(C6OCCO6)OC15[C@]1(CO1)[C@]3(OC1CC(C)C(CC(C)C)CO1)O4)C(=O)CCC2. The summed E-state index contributed by atoms with van der Waals surface area (Å²) < 4.78 is 58.9. The Labute approximate surface area is 273 Å². The minimum atomic E-state index is -1.46. The van der Waals surface area contributed by atoms with Gasteiger partial charge in [-0.3, -0.25) is 4.79 Å². The summed E-state index contributed by atoms with van der Waals surface area (Å²) in [7, 11) is 1.61. The summed E-state index contributed by atoms with van der Waals surface area (Å²) in [5.74, 6) is -0.829. The fourth-order valence-corrected chi connectivity index (χ4v) is 10.4. The molecule has 10 rings (SSSR count). The molecule has 1 N–H and O–H groups in total. The molecular weight excluding hydrogens is 608 g/mol. The second kappa shape index (κ2) is 9.38. The highest BCUT2D eigenvalue weighted by molar-refractivity contribution is 6.11. The van der Waals surface area contributed by atoms with Gasteiger partial charge in [0, 0.05) is 29.4 Å². The number of aromatic hydroxyl groups is 1. The maximum Gasteiger partial charge on any atom is 0.274 e. The van der Waals surface area contributed by atoms with Crippen molar-refractivity contribution >= 4 is 16.6 Å². The van der Waals surface area contributed by atoms with Gasteiger partial charge in [0.25, 0.3) is 11.6 Å². The van der Waals surface area contributed by atoms with E-state index in [9.17, 15) is 9.90 Å². The Bertz CT molecular complexity index is 1730. The van der Waals surface area contributed by atoms with Crippen molar-refractivity contribution in [3.8, 4) is 17.2 Å². The molecule has 2 aliphatic carbocycles. The molecule has 6 fully saturated rings. The molecule has 252 valence electrons. The largest absolute Gasteiger partial charge is 0.506 e. The smallest absolute Gasteiger partial charge is 0.274 e. The number of Topliss-reactive ketones (excluding diaryl/α,β-unsaturated/α-hetero) is 1. The normalized spacial score (nSPS) is 42.5. The summed E-state index contributed by atoms with van der Waals surface area (Å²) in [6, 6.07) is 2.02. The zero-order valence-corrected chi connectivity index (χ0v) is 27.5. The number of phenolic OH excluding ortho intramolecular Hbond substituents is 1. The highest BCUT2D eigenvalue weighted by atomic mass is 16.9. The number of carbonyl (C=O) groups excluding carboxylic acids is 1. The van der Waals surface area contributed by atoms with Gasteiger partial charge in [0.15, 0.2) is 23.3 Å². The number of aryl methyl sites for hydroxylation is 1. The summed E-state index contributed by atoms with van der Waals surface area (Å²) in [4.78, 5) is 13.3. The standard InChI is InChI=1S/C36H42O11/c1-16(2)11-19-14-42-23(13-17(19)3)44-35-31-27(34(33(35)15-43-33)36(46-31,47-34)32-40-9-10-41-32)24-18(4)12-21-26(30(24)45-35)28(38)25-20(29(21)39-5)7-6-8-22(25)37/h12,16-17,19,23,27,31-32,38H,6-11,13-15H2,1-5H3/t17?,19?,23?,27?,31?,33-,34?,35-,36?/m1/s1. The third-order valence-corrected chi connectivity index (χ3v) is 12.4. The van der Waals surface area contributed by atoms with Crippen LogP contribution in [0.25, 0.3) is 10.8 Å². The quantitative estimate of drug-likeness (QED) is 0.440. The first-order valence-corrected chi connectivity index (χ1v) is 17.3. The Kier molecular flexibility index (Phi) is 5.87. The number of carbonyl (C=O) groups is 1. The predicted octanol–water partition coefficient (Wildman–Crippen LogP) is 4.63. The molecule has 9 atom stereocenters.